The number of nitrogens with one attached hydrogen (secondary N) is 1. The Morgan fingerprint density at radius 1 is 1.47 bits per heavy atom. The number of nitrogens with two attached hydrogens (primary N) is 1. The first kappa shape index (κ1) is 15.7. The standard InChI is InChI=1S/C14H26N4O/c1-6-9(2)13(15)14(19)18(5)8-7-12-10(3)16-17-11(12)4/h9,13H,6-8,15H2,1-5H3,(H,16,17)/t9-,13-/m0/s1. The summed E-state index contributed by atoms with van der Waals surface area (Å²) in [6.07, 6.45) is 1.73. The summed E-state index contributed by atoms with van der Waals surface area (Å²) in [7, 11) is 1.81. The molecule has 0 fully saturated rings. The molecule has 0 radical (unpaired) electrons. The topological polar surface area (TPSA) is 75.0 Å². The van der Waals surface area contributed by atoms with E-state index in [2.05, 4.69) is 17.1 Å². The number of hydrogen-bond donors (Lipinski definition) is 2. The molecule has 19 heavy (non-hydrogen) atoms. The number of likely N-dealkylation sites (N-methyl/N-ethyl adjacent to an activating group) is 1. The van der Waals surface area contributed by atoms with Crippen LogP contribution in [-0.4, -0.2) is 40.6 Å². The van der Waals surface area contributed by atoms with Crippen molar-refractivity contribution in [3.05, 3.63) is 17.0 Å². The van der Waals surface area contributed by atoms with Crippen molar-refractivity contribution in [3.63, 3.8) is 0 Å². The molecular formula is C14H26N4O. The number of aromatic amines is 1. The van der Waals surface area contributed by atoms with Crippen LogP contribution in [0.25, 0.3) is 0 Å². The first-order valence-corrected chi connectivity index (χ1v) is 6.89. The highest BCUT2D eigenvalue weighted by Crippen LogP contribution is 2.12. The number of hydrogen-bond acceptors (Lipinski definition) is 3. The minimum atomic E-state index is -0.401. The second-order valence-electron chi connectivity index (χ2n) is 5.33. The molecule has 3 N–H and O–H groups in total. The van der Waals surface area contributed by atoms with Crippen LogP contribution in [0.3, 0.4) is 0 Å². The molecule has 1 rings (SSSR count). The minimum absolute atomic E-state index is 0.0214. The Morgan fingerprint density at radius 2 is 2.11 bits per heavy atom. The molecule has 0 unspecified atom stereocenters. The monoisotopic (exact) mass is 266 g/mol. The van der Waals surface area contributed by atoms with E-state index >= 15 is 0 Å². The fraction of sp³-hybridized carbons (Fsp3) is 0.714. The maximum atomic E-state index is 12.2. The molecule has 2 atom stereocenters. The zero-order chi connectivity index (χ0) is 14.6. The van der Waals surface area contributed by atoms with E-state index < -0.39 is 6.04 Å². The first-order valence-electron chi connectivity index (χ1n) is 6.89. The van der Waals surface area contributed by atoms with Gasteiger partial charge in [-0.3, -0.25) is 9.89 Å². The van der Waals surface area contributed by atoms with Crippen LogP contribution >= 0.6 is 0 Å². The molecule has 0 aromatic carbocycles. The van der Waals surface area contributed by atoms with Crippen molar-refractivity contribution >= 4 is 5.91 Å². The third-order valence-electron chi connectivity index (χ3n) is 3.90. The summed E-state index contributed by atoms with van der Waals surface area (Å²) in [5, 5.41) is 7.12. The lowest BCUT2D eigenvalue weighted by Crippen LogP contribution is -2.46. The number of aryl methyl sites for hydroxylation is 2. The van der Waals surface area contributed by atoms with E-state index in [0.29, 0.717) is 6.54 Å². The summed E-state index contributed by atoms with van der Waals surface area (Å²) >= 11 is 0. The van der Waals surface area contributed by atoms with E-state index in [1.165, 1.54) is 5.56 Å². The fourth-order valence-electron chi connectivity index (χ4n) is 2.08. The van der Waals surface area contributed by atoms with Crippen molar-refractivity contribution in [2.24, 2.45) is 11.7 Å². The van der Waals surface area contributed by atoms with E-state index in [-0.39, 0.29) is 11.8 Å². The number of amides is 1. The Morgan fingerprint density at radius 3 is 2.58 bits per heavy atom. The van der Waals surface area contributed by atoms with Crippen molar-refractivity contribution in [3.8, 4) is 0 Å². The first-order chi connectivity index (χ1) is 8.88. The summed E-state index contributed by atoms with van der Waals surface area (Å²) in [4.78, 5) is 13.9. The van der Waals surface area contributed by atoms with Gasteiger partial charge in [-0.2, -0.15) is 5.10 Å². The van der Waals surface area contributed by atoms with E-state index in [0.717, 1.165) is 24.2 Å². The van der Waals surface area contributed by atoms with Gasteiger partial charge in [0, 0.05) is 19.3 Å². The Bertz CT molecular complexity index is 408. The molecular weight excluding hydrogens is 240 g/mol. The third-order valence-corrected chi connectivity index (χ3v) is 3.90. The van der Waals surface area contributed by atoms with Gasteiger partial charge in [-0.25, -0.2) is 0 Å². The molecule has 1 amide bonds. The third kappa shape index (κ3) is 3.80. The Hall–Kier alpha value is -1.36. The second-order valence-corrected chi connectivity index (χ2v) is 5.33. The number of carbonyl (C=O) groups excluding carboxylic acids is 1. The fourth-order valence-corrected chi connectivity index (χ4v) is 2.08. The van der Waals surface area contributed by atoms with Crippen LogP contribution in [0.2, 0.25) is 0 Å². The molecule has 5 heteroatoms. The van der Waals surface area contributed by atoms with Crippen molar-refractivity contribution in [1.82, 2.24) is 15.1 Å². The van der Waals surface area contributed by atoms with Crippen molar-refractivity contribution < 1.29 is 4.79 Å². The summed E-state index contributed by atoms with van der Waals surface area (Å²) < 4.78 is 0. The lowest BCUT2D eigenvalue weighted by atomic mass is 9.99. The summed E-state index contributed by atoms with van der Waals surface area (Å²) in [6.45, 7) is 8.72. The number of rotatable bonds is 6. The molecule has 0 saturated heterocycles. The van der Waals surface area contributed by atoms with Gasteiger partial charge in [-0.15, -0.1) is 0 Å². The van der Waals surface area contributed by atoms with Crippen LogP contribution in [-0.2, 0) is 11.2 Å². The number of H-pyrrole nitrogens is 1. The van der Waals surface area contributed by atoms with Crippen LogP contribution in [0, 0.1) is 19.8 Å². The number of carbonyl (C=O) groups is 1. The average Bonchev–Trinajstić information content (AvgIpc) is 2.72. The van der Waals surface area contributed by atoms with Gasteiger partial charge in [0.2, 0.25) is 5.91 Å². The van der Waals surface area contributed by atoms with Crippen LogP contribution in [0.5, 0.6) is 0 Å². The maximum Gasteiger partial charge on any atom is 0.239 e. The van der Waals surface area contributed by atoms with Gasteiger partial charge in [0.25, 0.3) is 0 Å². The van der Waals surface area contributed by atoms with Crippen LogP contribution < -0.4 is 5.73 Å². The number of aromatic nitrogens is 2. The lowest BCUT2D eigenvalue weighted by molar-refractivity contribution is -0.132. The SMILES string of the molecule is CC[C@H](C)[C@H](N)C(=O)N(C)CCc1c(C)n[nH]c1C. The normalized spacial score (nSPS) is 14.2. The molecule has 0 spiro atoms. The average molecular weight is 266 g/mol. The lowest BCUT2D eigenvalue weighted by Gasteiger charge is -2.24. The van der Waals surface area contributed by atoms with Gasteiger partial charge in [0.1, 0.15) is 0 Å². The smallest absolute Gasteiger partial charge is 0.239 e. The van der Waals surface area contributed by atoms with Crippen LogP contribution in [0.15, 0.2) is 0 Å². The molecule has 0 saturated carbocycles. The molecule has 0 bridgehead atoms. The molecule has 5 nitrogen and oxygen atoms in total. The maximum absolute atomic E-state index is 12.2. The molecule has 108 valence electrons. The van der Waals surface area contributed by atoms with Crippen LogP contribution in [0.1, 0.15) is 37.2 Å². The summed E-state index contributed by atoms with van der Waals surface area (Å²) in [6, 6.07) is -0.401. The van der Waals surface area contributed by atoms with Gasteiger partial charge in [-0.05, 0) is 31.7 Å². The molecule has 1 aromatic heterocycles. The Balaban J connectivity index is 2.56. The van der Waals surface area contributed by atoms with Gasteiger partial charge in [0.15, 0.2) is 0 Å². The molecule has 0 aliphatic carbocycles. The summed E-state index contributed by atoms with van der Waals surface area (Å²) in [5.41, 5.74) is 9.24. The quantitative estimate of drug-likeness (QED) is 0.817. The zero-order valence-electron chi connectivity index (χ0n) is 12.7. The minimum Gasteiger partial charge on any atom is -0.344 e. The Kier molecular flexibility index (Phi) is 5.54. The highest BCUT2D eigenvalue weighted by atomic mass is 16.2. The van der Waals surface area contributed by atoms with E-state index in [4.69, 9.17) is 5.73 Å². The molecule has 0 aliphatic rings. The van der Waals surface area contributed by atoms with Gasteiger partial charge in [-0.1, -0.05) is 20.3 Å². The predicted octanol–water partition coefficient (Wildman–Crippen LogP) is 1.40. The second kappa shape index (κ2) is 6.70. The van der Waals surface area contributed by atoms with E-state index in [9.17, 15) is 4.79 Å². The molecule has 1 heterocycles. The van der Waals surface area contributed by atoms with Gasteiger partial charge in [0.05, 0.1) is 11.7 Å². The van der Waals surface area contributed by atoms with Crippen molar-refractivity contribution in [2.45, 2.75) is 46.6 Å². The zero-order valence-corrected chi connectivity index (χ0v) is 12.7. The predicted molar refractivity (Wildman–Crippen MR) is 76.8 cm³/mol. The molecule has 1 aromatic rings. The van der Waals surface area contributed by atoms with E-state index in [1.54, 1.807) is 4.90 Å². The van der Waals surface area contributed by atoms with Gasteiger partial charge >= 0.3 is 0 Å². The highest BCUT2D eigenvalue weighted by Gasteiger charge is 2.22. The van der Waals surface area contributed by atoms with Crippen molar-refractivity contribution in [1.29, 1.82) is 0 Å². The summed E-state index contributed by atoms with van der Waals surface area (Å²) in [5.74, 6) is 0.237. The largest absolute Gasteiger partial charge is 0.344 e. The van der Waals surface area contributed by atoms with E-state index in [1.807, 2.05) is 27.8 Å². The molecule has 0 aliphatic heterocycles. The number of nitrogens with zero attached hydrogens (tertiary/aromatic N) is 2. The van der Waals surface area contributed by atoms with Gasteiger partial charge < -0.3 is 10.6 Å². The van der Waals surface area contributed by atoms with Crippen LogP contribution in [0.4, 0.5) is 0 Å². The highest BCUT2D eigenvalue weighted by molar-refractivity contribution is 5.81. The van der Waals surface area contributed by atoms with Crippen molar-refractivity contribution in [2.75, 3.05) is 13.6 Å². The Labute approximate surface area is 115 Å².